The summed E-state index contributed by atoms with van der Waals surface area (Å²) >= 11 is 0. The first-order chi connectivity index (χ1) is 11.3. The number of methoxy groups -OCH3 is 1. The van der Waals surface area contributed by atoms with Crippen molar-refractivity contribution in [2.45, 2.75) is 44.2 Å². The van der Waals surface area contributed by atoms with Gasteiger partial charge in [-0.05, 0) is 30.5 Å². The van der Waals surface area contributed by atoms with Crippen molar-refractivity contribution in [2.75, 3.05) is 39.8 Å². The molecule has 1 heterocycles. The van der Waals surface area contributed by atoms with Crippen LogP contribution in [0, 0.1) is 0 Å². The third kappa shape index (κ3) is 4.46. The Balaban J connectivity index is 1.47. The van der Waals surface area contributed by atoms with Gasteiger partial charge in [-0.1, -0.05) is 31.4 Å². The van der Waals surface area contributed by atoms with E-state index in [0.717, 1.165) is 43.5 Å². The number of hydrogen-bond donors (Lipinski definition) is 1. The van der Waals surface area contributed by atoms with Gasteiger partial charge in [-0.15, -0.1) is 0 Å². The van der Waals surface area contributed by atoms with Crippen molar-refractivity contribution in [3.8, 4) is 5.75 Å². The molecule has 0 aromatic heterocycles. The van der Waals surface area contributed by atoms with E-state index in [1.807, 2.05) is 24.3 Å². The average Bonchev–Trinajstić information content (AvgIpc) is 2.63. The number of piperazine rings is 1. The van der Waals surface area contributed by atoms with Crippen LogP contribution in [0.5, 0.6) is 5.75 Å². The zero-order valence-electron chi connectivity index (χ0n) is 14.3. The molecular weight excluding hydrogens is 288 g/mol. The summed E-state index contributed by atoms with van der Waals surface area (Å²) in [4.78, 5) is 5.07. The van der Waals surface area contributed by atoms with Crippen LogP contribution in [0.15, 0.2) is 24.3 Å². The molecule has 1 aromatic carbocycles. The molecule has 1 N–H and O–H groups in total. The number of ether oxygens (including phenoxy) is 1. The molecule has 0 radical (unpaired) electrons. The van der Waals surface area contributed by atoms with Crippen molar-refractivity contribution in [3.05, 3.63) is 29.8 Å². The topological polar surface area (TPSA) is 35.9 Å². The molecule has 2 fully saturated rings. The molecule has 0 bridgehead atoms. The number of benzene rings is 1. The van der Waals surface area contributed by atoms with Crippen LogP contribution in [0.4, 0.5) is 0 Å². The number of nitrogens with zero attached hydrogens (tertiary/aromatic N) is 2. The second-order valence-corrected chi connectivity index (χ2v) is 6.92. The normalized spacial score (nSPS) is 22.9. The van der Waals surface area contributed by atoms with Crippen LogP contribution in [0.2, 0.25) is 0 Å². The van der Waals surface area contributed by atoms with Crippen LogP contribution < -0.4 is 4.74 Å². The minimum absolute atomic E-state index is 0.439. The summed E-state index contributed by atoms with van der Waals surface area (Å²) in [6, 6.07) is 8.58. The van der Waals surface area contributed by atoms with E-state index in [1.54, 1.807) is 7.11 Å². The molecule has 1 atom stereocenters. The summed E-state index contributed by atoms with van der Waals surface area (Å²) in [5, 5.41) is 10.5. The first-order valence-corrected chi connectivity index (χ1v) is 9.04. The molecule has 1 aromatic rings. The highest BCUT2D eigenvalue weighted by Crippen LogP contribution is 2.24. The summed E-state index contributed by atoms with van der Waals surface area (Å²) in [5.41, 5.74) is 0.944. The van der Waals surface area contributed by atoms with E-state index < -0.39 is 6.10 Å². The number of rotatable bonds is 5. The van der Waals surface area contributed by atoms with Gasteiger partial charge in [0.25, 0.3) is 0 Å². The van der Waals surface area contributed by atoms with Gasteiger partial charge in [-0.25, -0.2) is 0 Å². The molecule has 3 rings (SSSR count). The monoisotopic (exact) mass is 318 g/mol. The van der Waals surface area contributed by atoms with Crippen molar-refractivity contribution < 1.29 is 9.84 Å². The summed E-state index contributed by atoms with van der Waals surface area (Å²) in [5.74, 6) is 0.809. The minimum Gasteiger partial charge on any atom is -0.497 e. The maximum atomic E-state index is 10.5. The Hall–Kier alpha value is -1.10. The SMILES string of the molecule is COc1cccc([C@H](O)CN2CCN(C3CCCCC3)CC2)c1. The third-order valence-corrected chi connectivity index (χ3v) is 5.41. The van der Waals surface area contributed by atoms with E-state index in [9.17, 15) is 5.11 Å². The van der Waals surface area contributed by atoms with Gasteiger partial charge in [-0.2, -0.15) is 0 Å². The van der Waals surface area contributed by atoms with Crippen molar-refractivity contribution in [3.63, 3.8) is 0 Å². The molecule has 0 spiro atoms. The van der Waals surface area contributed by atoms with E-state index >= 15 is 0 Å². The summed E-state index contributed by atoms with van der Waals surface area (Å²) in [6.07, 6.45) is 6.55. The molecule has 1 saturated carbocycles. The van der Waals surface area contributed by atoms with Gasteiger partial charge >= 0.3 is 0 Å². The fraction of sp³-hybridized carbons (Fsp3) is 0.684. The van der Waals surface area contributed by atoms with Crippen LogP contribution in [0.3, 0.4) is 0 Å². The first kappa shape index (κ1) is 16.7. The lowest BCUT2D eigenvalue weighted by Gasteiger charge is -2.41. The standard InChI is InChI=1S/C19H30N2O2/c1-23-18-9-5-6-16(14-18)19(22)15-20-10-12-21(13-11-20)17-7-3-2-4-8-17/h5-6,9,14,17,19,22H,2-4,7-8,10-13,15H2,1H3/t19-/m1/s1. The first-order valence-electron chi connectivity index (χ1n) is 9.04. The second-order valence-electron chi connectivity index (χ2n) is 6.92. The lowest BCUT2D eigenvalue weighted by Crippen LogP contribution is -2.51. The maximum absolute atomic E-state index is 10.5. The molecule has 2 aliphatic rings. The minimum atomic E-state index is -0.439. The Labute approximate surface area is 140 Å². The Morgan fingerprint density at radius 3 is 2.57 bits per heavy atom. The zero-order valence-corrected chi connectivity index (χ0v) is 14.3. The Morgan fingerprint density at radius 2 is 1.87 bits per heavy atom. The van der Waals surface area contributed by atoms with E-state index in [-0.39, 0.29) is 0 Å². The Morgan fingerprint density at radius 1 is 1.13 bits per heavy atom. The number of β-amino-alcohol motifs (C(OH)–C–C–N with tert-alkyl or cyclic N) is 1. The number of hydrogen-bond acceptors (Lipinski definition) is 4. The summed E-state index contributed by atoms with van der Waals surface area (Å²) in [7, 11) is 1.66. The average molecular weight is 318 g/mol. The van der Waals surface area contributed by atoms with Gasteiger partial charge in [0.2, 0.25) is 0 Å². The largest absolute Gasteiger partial charge is 0.497 e. The van der Waals surface area contributed by atoms with Crippen LogP contribution in [0.1, 0.15) is 43.8 Å². The van der Waals surface area contributed by atoms with E-state index in [4.69, 9.17) is 4.74 Å². The fourth-order valence-electron chi connectivity index (χ4n) is 3.96. The highest BCUT2D eigenvalue weighted by atomic mass is 16.5. The smallest absolute Gasteiger partial charge is 0.119 e. The van der Waals surface area contributed by atoms with Crippen LogP contribution >= 0.6 is 0 Å². The van der Waals surface area contributed by atoms with Crippen LogP contribution in [-0.2, 0) is 0 Å². The molecular formula is C19H30N2O2. The maximum Gasteiger partial charge on any atom is 0.119 e. The molecule has 0 unspecified atom stereocenters. The van der Waals surface area contributed by atoms with Crippen LogP contribution in [0.25, 0.3) is 0 Å². The van der Waals surface area contributed by atoms with Gasteiger partial charge in [-0.3, -0.25) is 9.80 Å². The second kappa shape index (κ2) is 8.13. The molecule has 4 nitrogen and oxygen atoms in total. The Kier molecular flexibility index (Phi) is 5.92. The molecule has 128 valence electrons. The third-order valence-electron chi connectivity index (χ3n) is 5.41. The fourth-order valence-corrected chi connectivity index (χ4v) is 3.96. The lowest BCUT2D eigenvalue weighted by atomic mass is 9.94. The van der Waals surface area contributed by atoms with E-state index in [0.29, 0.717) is 6.54 Å². The predicted octanol–water partition coefficient (Wildman–Crippen LogP) is 2.68. The number of aliphatic hydroxyl groups is 1. The van der Waals surface area contributed by atoms with Gasteiger partial charge in [0, 0.05) is 38.8 Å². The molecule has 1 aliphatic heterocycles. The van der Waals surface area contributed by atoms with Gasteiger partial charge in [0.15, 0.2) is 0 Å². The summed E-state index contributed by atoms with van der Waals surface area (Å²) < 4.78 is 5.24. The van der Waals surface area contributed by atoms with Crippen LogP contribution in [-0.4, -0.2) is 60.8 Å². The lowest BCUT2D eigenvalue weighted by molar-refractivity contribution is 0.0474. The van der Waals surface area contributed by atoms with E-state index in [2.05, 4.69) is 9.80 Å². The quantitative estimate of drug-likeness (QED) is 0.905. The van der Waals surface area contributed by atoms with E-state index in [1.165, 1.54) is 32.1 Å². The van der Waals surface area contributed by atoms with Crippen molar-refractivity contribution >= 4 is 0 Å². The molecule has 1 saturated heterocycles. The van der Waals surface area contributed by atoms with Gasteiger partial charge in [0.05, 0.1) is 13.2 Å². The highest BCUT2D eigenvalue weighted by molar-refractivity contribution is 5.29. The molecule has 4 heteroatoms. The summed E-state index contributed by atoms with van der Waals surface area (Å²) in [6.45, 7) is 5.14. The highest BCUT2D eigenvalue weighted by Gasteiger charge is 2.26. The van der Waals surface area contributed by atoms with Gasteiger partial charge in [0.1, 0.15) is 5.75 Å². The molecule has 23 heavy (non-hydrogen) atoms. The zero-order chi connectivity index (χ0) is 16.1. The van der Waals surface area contributed by atoms with Gasteiger partial charge < -0.3 is 9.84 Å². The molecule has 0 amide bonds. The van der Waals surface area contributed by atoms with Crippen molar-refractivity contribution in [1.82, 2.24) is 9.80 Å². The predicted molar refractivity (Wildman–Crippen MR) is 92.8 cm³/mol. The van der Waals surface area contributed by atoms with Crippen molar-refractivity contribution in [1.29, 1.82) is 0 Å². The molecule has 1 aliphatic carbocycles. The van der Waals surface area contributed by atoms with Crippen molar-refractivity contribution in [2.24, 2.45) is 0 Å². The Bertz CT molecular complexity index is 480. The number of aliphatic hydroxyl groups excluding tert-OH is 1.